The summed E-state index contributed by atoms with van der Waals surface area (Å²) in [6.45, 7) is 3.55. The van der Waals surface area contributed by atoms with Gasteiger partial charge in [0.25, 0.3) is 0 Å². The fourth-order valence-electron chi connectivity index (χ4n) is 1.36. The number of benzene rings is 1. The maximum atomic E-state index is 11.6. The number of phenols is 1. The second-order valence-electron chi connectivity index (χ2n) is 3.13. The van der Waals surface area contributed by atoms with Crippen molar-refractivity contribution in [1.29, 1.82) is 0 Å². The quantitative estimate of drug-likeness (QED) is 0.831. The van der Waals surface area contributed by atoms with Crippen LogP contribution in [0.25, 0.3) is 0 Å². The molecule has 0 amide bonds. The first kappa shape index (κ1) is 12.6. The van der Waals surface area contributed by atoms with Crippen LogP contribution in [0, 0.1) is 6.92 Å². The highest BCUT2D eigenvalue weighted by Crippen LogP contribution is 2.36. The van der Waals surface area contributed by atoms with Crippen molar-refractivity contribution < 1.29 is 19.4 Å². The van der Waals surface area contributed by atoms with Gasteiger partial charge in [-0.3, -0.25) is 0 Å². The van der Waals surface area contributed by atoms with Crippen molar-refractivity contribution in [3.63, 3.8) is 0 Å². The zero-order valence-electron chi connectivity index (χ0n) is 9.33. The predicted molar refractivity (Wildman–Crippen MR) is 60.4 cm³/mol. The zero-order valence-corrected chi connectivity index (χ0v) is 10.1. The van der Waals surface area contributed by atoms with E-state index < -0.39 is 5.97 Å². The molecule has 0 unspecified atom stereocenters. The Morgan fingerprint density at radius 2 is 2.19 bits per heavy atom. The highest BCUT2D eigenvalue weighted by Gasteiger charge is 2.20. The van der Waals surface area contributed by atoms with Gasteiger partial charge in [-0.25, -0.2) is 4.79 Å². The van der Waals surface area contributed by atoms with Crippen LogP contribution in [0.15, 0.2) is 6.07 Å². The number of carbonyl (C=O) groups is 1. The van der Waals surface area contributed by atoms with E-state index in [0.717, 1.165) is 0 Å². The Morgan fingerprint density at radius 3 is 2.69 bits per heavy atom. The summed E-state index contributed by atoms with van der Waals surface area (Å²) in [6.07, 6.45) is 0. The van der Waals surface area contributed by atoms with Gasteiger partial charge in [0.2, 0.25) is 0 Å². The van der Waals surface area contributed by atoms with Crippen LogP contribution < -0.4 is 4.74 Å². The topological polar surface area (TPSA) is 55.8 Å². The standard InChI is InChI=1S/C11H13ClO4/c1-4-16-11(14)9-6(2)10(12)8(15-3)5-7(9)13/h5,13H,4H2,1-3H3. The summed E-state index contributed by atoms with van der Waals surface area (Å²) >= 11 is 5.97. The first-order chi connectivity index (χ1) is 7.52. The number of halogens is 1. The van der Waals surface area contributed by atoms with Crippen molar-refractivity contribution in [2.24, 2.45) is 0 Å². The molecule has 16 heavy (non-hydrogen) atoms. The summed E-state index contributed by atoms with van der Waals surface area (Å²) < 4.78 is 9.78. The molecule has 0 aliphatic heterocycles. The number of ether oxygens (including phenoxy) is 2. The van der Waals surface area contributed by atoms with Crippen molar-refractivity contribution in [3.05, 3.63) is 22.2 Å². The van der Waals surface area contributed by atoms with E-state index in [4.69, 9.17) is 21.1 Å². The lowest BCUT2D eigenvalue weighted by molar-refractivity contribution is 0.0522. The van der Waals surface area contributed by atoms with E-state index in [1.54, 1.807) is 13.8 Å². The third-order valence-electron chi connectivity index (χ3n) is 2.14. The highest BCUT2D eigenvalue weighted by molar-refractivity contribution is 6.33. The summed E-state index contributed by atoms with van der Waals surface area (Å²) in [6, 6.07) is 1.29. The number of hydrogen-bond donors (Lipinski definition) is 1. The Bertz CT molecular complexity index is 415. The van der Waals surface area contributed by atoms with Gasteiger partial charge in [0.1, 0.15) is 17.1 Å². The van der Waals surface area contributed by atoms with Gasteiger partial charge in [-0.15, -0.1) is 0 Å². The van der Waals surface area contributed by atoms with Crippen LogP contribution in [0.5, 0.6) is 11.5 Å². The maximum Gasteiger partial charge on any atom is 0.342 e. The molecule has 0 radical (unpaired) electrons. The smallest absolute Gasteiger partial charge is 0.342 e. The number of methoxy groups -OCH3 is 1. The normalized spacial score (nSPS) is 10.0. The van der Waals surface area contributed by atoms with Gasteiger partial charge < -0.3 is 14.6 Å². The fourth-order valence-corrected chi connectivity index (χ4v) is 1.58. The van der Waals surface area contributed by atoms with Gasteiger partial charge in [0, 0.05) is 6.07 Å². The third kappa shape index (κ3) is 2.22. The maximum absolute atomic E-state index is 11.6. The molecule has 88 valence electrons. The van der Waals surface area contributed by atoms with Crippen molar-refractivity contribution in [3.8, 4) is 11.5 Å². The number of carbonyl (C=O) groups excluding carboxylic acids is 1. The average Bonchev–Trinajstić information content (AvgIpc) is 2.24. The first-order valence-corrected chi connectivity index (χ1v) is 5.13. The average molecular weight is 245 g/mol. The van der Waals surface area contributed by atoms with Crippen LogP contribution >= 0.6 is 11.6 Å². The number of esters is 1. The van der Waals surface area contributed by atoms with Crippen LogP contribution in [0.2, 0.25) is 5.02 Å². The van der Waals surface area contributed by atoms with Crippen molar-refractivity contribution >= 4 is 17.6 Å². The SMILES string of the molecule is CCOC(=O)c1c(O)cc(OC)c(Cl)c1C. The first-order valence-electron chi connectivity index (χ1n) is 4.76. The Hall–Kier alpha value is -1.42. The van der Waals surface area contributed by atoms with E-state index in [-0.39, 0.29) is 17.9 Å². The molecular weight excluding hydrogens is 232 g/mol. The molecule has 0 fully saturated rings. The van der Waals surface area contributed by atoms with Crippen LogP contribution in [-0.2, 0) is 4.74 Å². The molecule has 0 atom stereocenters. The summed E-state index contributed by atoms with van der Waals surface area (Å²) in [4.78, 5) is 11.6. The van der Waals surface area contributed by atoms with E-state index in [1.165, 1.54) is 13.2 Å². The molecule has 0 aromatic heterocycles. The molecule has 5 heteroatoms. The molecule has 0 spiro atoms. The van der Waals surface area contributed by atoms with E-state index in [0.29, 0.717) is 16.3 Å². The molecule has 0 saturated heterocycles. The fraction of sp³-hybridized carbons (Fsp3) is 0.364. The Labute approximate surface area is 98.7 Å². The van der Waals surface area contributed by atoms with Crippen molar-refractivity contribution in [2.45, 2.75) is 13.8 Å². The molecule has 1 rings (SSSR count). The summed E-state index contributed by atoms with van der Waals surface area (Å²) in [5.41, 5.74) is 0.518. The molecule has 0 saturated carbocycles. The second kappa shape index (κ2) is 5.07. The zero-order chi connectivity index (χ0) is 12.3. The number of phenolic OH excluding ortho intramolecular Hbond substituents is 1. The van der Waals surface area contributed by atoms with Crippen LogP contribution in [-0.4, -0.2) is 24.8 Å². The van der Waals surface area contributed by atoms with Gasteiger partial charge in [-0.1, -0.05) is 11.6 Å². The van der Waals surface area contributed by atoms with Crippen LogP contribution in [0.1, 0.15) is 22.8 Å². The van der Waals surface area contributed by atoms with E-state index in [9.17, 15) is 9.90 Å². The monoisotopic (exact) mass is 244 g/mol. The summed E-state index contributed by atoms with van der Waals surface area (Å²) in [5.74, 6) is -0.469. The molecule has 1 N–H and O–H groups in total. The molecule has 0 aliphatic rings. The van der Waals surface area contributed by atoms with E-state index in [2.05, 4.69) is 0 Å². The van der Waals surface area contributed by atoms with Crippen LogP contribution in [0.4, 0.5) is 0 Å². The molecule has 1 aromatic rings. The lowest BCUT2D eigenvalue weighted by atomic mass is 10.1. The molecule has 4 nitrogen and oxygen atoms in total. The minimum atomic E-state index is -0.595. The molecule has 0 aliphatic carbocycles. The largest absolute Gasteiger partial charge is 0.507 e. The highest BCUT2D eigenvalue weighted by atomic mass is 35.5. The Kier molecular flexibility index (Phi) is 4.01. The third-order valence-corrected chi connectivity index (χ3v) is 2.61. The van der Waals surface area contributed by atoms with Gasteiger partial charge in [-0.2, -0.15) is 0 Å². The lowest BCUT2D eigenvalue weighted by Gasteiger charge is -2.12. The van der Waals surface area contributed by atoms with Crippen molar-refractivity contribution in [1.82, 2.24) is 0 Å². The second-order valence-corrected chi connectivity index (χ2v) is 3.51. The Morgan fingerprint density at radius 1 is 1.56 bits per heavy atom. The van der Waals surface area contributed by atoms with Gasteiger partial charge >= 0.3 is 5.97 Å². The van der Waals surface area contributed by atoms with E-state index >= 15 is 0 Å². The molecule has 0 heterocycles. The Balaban J connectivity index is 3.30. The molecule has 1 aromatic carbocycles. The van der Waals surface area contributed by atoms with Gasteiger partial charge in [0.05, 0.1) is 18.7 Å². The summed E-state index contributed by atoms with van der Waals surface area (Å²) in [5, 5.41) is 9.98. The molecular formula is C11H13ClO4. The van der Waals surface area contributed by atoms with E-state index in [1.807, 2.05) is 0 Å². The minimum absolute atomic E-state index is 0.0765. The predicted octanol–water partition coefficient (Wildman–Crippen LogP) is 2.54. The number of hydrogen-bond acceptors (Lipinski definition) is 4. The number of aromatic hydroxyl groups is 1. The lowest BCUT2D eigenvalue weighted by Crippen LogP contribution is -2.08. The number of rotatable bonds is 3. The summed E-state index contributed by atoms with van der Waals surface area (Å²) in [7, 11) is 1.43. The van der Waals surface area contributed by atoms with Gasteiger partial charge in [-0.05, 0) is 19.4 Å². The van der Waals surface area contributed by atoms with Gasteiger partial charge in [0.15, 0.2) is 0 Å². The van der Waals surface area contributed by atoms with Crippen molar-refractivity contribution in [2.75, 3.05) is 13.7 Å². The van der Waals surface area contributed by atoms with Crippen LogP contribution in [0.3, 0.4) is 0 Å². The minimum Gasteiger partial charge on any atom is -0.507 e. The molecule has 0 bridgehead atoms.